The standard InChI is InChI=1S/C23H22F3N3O4S/c24-23(25,26)18-8-4-5-9-20(18)34(31,32)29-14-12-28(13-15-29)22(30)11-10-21-27-16-19(33-21)17-6-2-1-3-7-17/h1-9,16H,10-15H2. The summed E-state index contributed by atoms with van der Waals surface area (Å²) >= 11 is 0. The van der Waals surface area contributed by atoms with E-state index in [1.807, 2.05) is 30.3 Å². The Bertz CT molecular complexity index is 1250. The van der Waals surface area contributed by atoms with Gasteiger partial charge in [0.2, 0.25) is 15.9 Å². The number of carbonyl (C=O) groups excluding carboxylic acids is 1. The molecule has 2 heterocycles. The number of alkyl halides is 3. The lowest BCUT2D eigenvalue weighted by atomic mass is 10.2. The Morgan fingerprint density at radius 1 is 0.971 bits per heavy atom. The fraction of sp³-hybridized carbons (Fsp3) is 0.304. The Balaban J connectivity index is 1.34. The fourth-order valence-corrected chi connectivity index (χ4v) is 5.41. The molecular formula is C23H22F3N3O4S. The molecule has 180 valence electrons. The van der Waals surface area contributed by atoms with E-state index in [9.17, 15) is 26.4 Å². The van der Waals surface area contributed by atoms with Crippen molar-refractivity contribution in [3.05, 3.63) is 72.2 Å². The van der Waals surface area contributed by atoms with E-state index in [0.717, 1.165) is 28.1 Å². The number of aryl methyl sites for hydroxylation is 1. The van der Waals surface area contributed by atoms with E-state index in [4.69, 9.17) is 4.42 Å². The molecule has 11 heteroatoms. The second-order valence-electron chi connectivity index (χ2n) is 7.76. The quantitative estimate of drug-likeness (QED) is 0.521. The minimum atomic E-state index is -4.79. The van der Waals surface area contributed by atoms with Crippen LogP contribution in [0.25, 0.3) is 11.3 Å². The zero-order valence-electron chi connectivity index (χ0n) is 18.0. The molecule has 1 fully saturated rings. The second kappa shape index (κ2) is 9.59. The van der Waals surface area contributed by atoms with Crippen LogP contribution in [0.15, 0.2) is 70.1 Å². The molecular weight excluding hydrogens is 471 g/mol. The maximum atomic E-state index is 13.3. The van der Waals surface area contributed by atoms with Crippen molar-refractivity contribution in [3.63, 3.8) is 0 Å². The Morgan fingerprint density at radius 3 is 2.29 bits per heavy atom. The van der Waals surface area contributed by atoms with Gasteiger partial charge < -0.3 is 9.32 Å². The molecule has 1 aliphatic heterocycles. The summed E-state index contributed by atoms with van der Waals surface area (Å²) in [7, 11) is -4.35. The molecule has 0 spiro atoms. The average molecular weight is 494 g/mol. The molecule has 7 nitrogen and oxygen atoms in total. The average Bonchev–Trinajstić information content (AvgIpc) is 3.32. The first kappa shape index (κ1) is 24.0. The van der Waals surface area contributed by atoms with Crippen LogP contribution < -0.4 is 0 Å². The maximum Gasteiger partial charge on any atom is 0.417 e. The van der Waals surface area contributed by atoms with E-state index in [-0.39, 0.29) is 44.9 Å². The Kier molecular flexibility index (Phi) is 6.76. The lowest BCUT2D eigenvalue weighted by Gasteiger charge is -2.34. The van der Waals surface area contributed by atoms with Gasteiger partial charge >= 0.3 is 6.18 Å². The molecule has 0 unspecified atom stereocenters. The third-order valence-electron chi connectivity index (χ3n) is 5.57. The summed E-state index contributed by atoms with van der Waals surface area (Å²) < 4.78 is 72.3. The van der Waals surface area contributed by atoms with Gasteiger partial charge in [0.15, 0.2) is 11.7 Å². The largest absolute Gasteiger partial charge is 0.441 e. The van der Waals surface area contributed by atoms with Crippen molar-refractivity contribution in [2.75, 3.05) is 26.2 Å². The fourth-order valence-electron chi connectivity index (χ4n) is 3.78. The van der Waals surface area contributed by atoms with Crippen LogP contribution in [0.2, 0.25) is 0 Å². The number of carbonyl (C=O) groups is 1. The van der Waals surface area contributed by atoms with Gasteiger partial charge in [-0.2, -0.15) is 17.5 Å². The summed E-state index contributed by atoms with van der Waals surface area (Å²) in [5, 5.41) is 0. The van der Waals surface area contributed by atoms with Crippen molar-refractivity contribution in [2.45, 2.75) is 23.9 Å². The number of hydrogen-bond acceptors (Lipinski definition) is 5. The summed E-state index contributed by atoms with van der Waals surface area (Å²) in [5.41, 5.74) is -0.327. The third-order valence-corrected chi connectivity index (χ3v) is 7.52. The van der Waals surface area contributed by atoms with Gasteiger partial charge in [0, 0.05) is 44.6 Å². The predicted molar refractivity (Wildman–Crippen MR) is 117 cm³/mol. The van der Waals surface area contributed by atoms with Crippen molar-refractivity contribution in [1.82, 2.24) is 14.2 Å². The molecule has 2 aromatic carbocycles. The number of sulfonamides is 1. The minimum Gasteiger partial charge on any atom is -0.441 e. The van der Waals surface area contributed by atoms with Gasteiger partial charge in [0.05, 0.1) is 16.7 Å². The van der Waals surface area contributed by atoms with Crippen LogP contribution in [-0.4, -0.2) is 54.7 Å². The number of halogens is 3. The zero-order valence-corrected chi connectivity index (χ0v) is 18.8. The number of benzene rings is 2. The highest BCUT2D eigenvalue weighted by molar-refractivity contribution is 7.89. The minimum absolute atomic E-state index is 0.0859. The molecule has 0 bridgehead atoms. The van der Waals surface area contributed by atoms with Gasteiger partial charge in [0.1, 0.15) is 0 Å². The number of amides is 1. The highest BCUT2D eigenvalue weighted by atomic mass is 32.2. The second-order valence-corrected chi connectivity index (χ2v) is 9.67. The first-order valence-corrected chi connectivity index (χ1v) is 12.0. The Morgan fingerprint density at radius 2 is 1.62 bits per heavy atom. The third kappa shape index (κ3) is 5.15. The molecule has 1 aliphatic rings. The highest BCUT2D eigenvalue weighted by Gasteiger charge is 2.39. The Hall–Kier alpha value is -3.18. The molecule has 1 aromatic heterocycles. The van der Waals surface area contributed by atoms with Gasteiger partial charge in [-0.25, -0.2) is 13.4 Å². The first-order valence-electron chi connectivity index (χ1n) is 10.6. The molecule has 3 aromatic rings. The molecule has 34 heavy (non-hydrogen) atoms. The first-order chi connectivity index (χ1) is 16.2. The molecule has 0 aliphatic carbocycles. The number of aromatic nitrogens is 1. The molecule has 1 saturated heterocycles. The number of oxazole rings is 1. The summed E-state index contributed by atoms with van der Waals surface area (Å²) in [4.78, 5) is 17.5. The van der Waals surface area contributed by atoms with E-state index in [2.05, 4.69) is 4.98 Å². The zero-order chi connectivity index (χ0) is 24.3. The van der Waals surface area contributed by atoms with Crippen LogP contribution >= 0.6 is 0 Å². The van der Waals surface area contributed by atoms with Crippen LogP contribution in [0.1, 0.15) is 17.9 Å². The lowest BCUT2D eigenvalue weighted by molar-refractivity contribution is -0.139. The summed E-state index contributed by atoms with van der Waals surface area (Å²) in [5.74, 6) is 0.811. The van der Waals surface area contributed by atoms with Crippen LogP contribution in [0.3, 0.4) is 0 Å². The number of rotatable bonds is 6. The van der Waals surface area contributed by atoms with E-state index in [1.165, 1.54) is 11.0 Å². The molecule has 0 radical (unpaired) electrons. The van der Waals surface area contributed by atoms with Crippen LogP contribution in [0.5, 0.6) is 0 Å². The van der Waals surface area contributed by atoms with E-state index >= 15 is 0 Å². The van der Waals surface area contributed by atoms with Crippen molar-refractivity contribution in [2.24, 2.45) is 0 Å². The topological polar surface area (TPSA) is 83.7 Å². The highest BCUT2D eigenvalue weighted by Crippen LogP contribution is 2.35. The molecule has 1 amide bonds. The molecule has 4 rings (SSSR count). The summed E-state index contributed by atoms with van der Waals surface area (Å²) in [6, 6.07) is 13.5. The number of nitrogens with zero attached hydrogens (tertiary/aromatic N) is 3. The molecule has 0 N–H and O–H groups in total. The van der Waals surface area contributed by atoms with Crippen molar-refractivity contribution >= 4 is 15.9 Å². The molecule has 0 saturated carbocycles. The van der Waals surface area contributed by atoms with Crippen molar-refractivity contribution in [3.8, 4) is 11.3 Å². The van der Waals surface area contributed by atoms with Gasteiger partial charge in [-0.05, 0) is 12.1 Å². The van der Waals surface area contributed by atoms with Gasteiger partial charge in [-0.15, -0.1) is 0 Å². The summed E-state index contributed by atoms with van der Waals surface area (Å²) in [6.45, 7) is 0.00897. The molecule has 0 atom stereocenters. The lowest BCUT2D eigenvalue weighted by Crippen LogP contribution is -2.50. The van der Waals surface area contributed by atoms with E-state index in [1.54, 1.807) is 6.20 Å². The van der Waals surface area contributed by atoms with E-state index < -0.39 is 26.7 Å². The predicted octanol–water partition coefficient (Wildman–Crippen LogP) is 3.83. The van der Waals surface area contributed by atoms with E-state index in [0.29, 0.717) is 11.7 Å². The summed E-state index contributed by atoms with van der Waals surface area (Å²) in [6.07, 6.45) is -2.79. The van der Waals surface area contributed by atoms with Crippen molar-refractivity contribution < 1.29 is 30.8 Å². The van der Waals surface area contributed by atoms with Gasteiger partial charge in [0.25, 0.3) is 0 Å². The maximum absolute atomic E-state index is 13.3. The Labute approximate surface area is 194 Å². The van der Waals surface area contributed by atoms with Crippen LogP contribution in [0, 0.1) is 0 Å². The normalized spacial score (nSPS) is 15.4. The van der Waals surface area contributed by atoms with Crippen LogP contribution in [-0.2, 0) is 27.4 Å². The van der Waals surface area contributed by atoms with Gasteiger partial charge in [-0.3, -0.25) is 4.79 Å². The number of piperazine rings is 1. The van der Waals surface area contributed by atoms with Crippen LogP contribution in [0.4, 0.5) is 13.2 Å². The monoisotopic (exact) mass is 493 g/mol. The number of hydrogen-bond donors (Lipinski definition) is 0. The SMILES string of the molecule is O=C(CCc1ncc(-c2ccccc2)o1)N1CCN(S(=O)(=O)c2ccccc2C(F)(F)F)CC1. The van der Waals surface area contributed by atoms with Crippen molar-refractivity contribution in [1.29, 1.82) is 0 Å². The van der Waals surface area contributed by atoms with Gasteiger partial charge in [-0.1, -0.05) is 42.5 Å². The smallest absolute Gasteiger partial charge is 0.417 e.